The lowest BCUT2D eigenvalue weighted by Gasteiger charge is -2.12. The van der Waals surface area contributed by atoms with Gasteiger partial charge in [-0.2, -0.15) is 0 Å². The van der Waals surface area contributed by atoms with E-state index in [1.807, 2.05) is 0 Å². The Labute approximate surface area is 196 Å². The second-order valence-corrected chi connectivity index (χ2v) is 9.33. The molecule has 1 aromatic heterocycles. The lowest BCUT2D eigenvalue weighted by molar-refractivity contribution is -0.704. The molecule has 2 aromatic carbocycles. The van der Waals surface area contributed by atoms with E-state index < -0.39 is 0 Å². The average Bonchev–Trinajstić information content (AvgIpc) is 3.14. The summed E-state index contributed by atoms with van der Waals surface area (Å²) in [5.74, 6) is 2.00. The number of imidazole rings is 1. The Morgan fingerprint density at radius 3 is 2.12 bits per heavy atom. The summed E-state index contributed by atoms with van der Waals surface area (Å²) in [5, 5.41) is 0. The predicted molar refractivity (Wildman–Crippen MR) is 136 cm³/mol. The number of unbranched alkanes of at least 4 members (excludes halogenated alkanes) is 5. The number of hydrogen-bond donors (Lipinski definition) is 0. The van der Waals surface area contributed by atoms with Crippen LogP contribution < -0.4 is 4.57 Å². The summed E-state index contributed by atoms with van der Waals surface area (Å²) in [6, 6.07) is 22.0. The SMILES string of the molecule is CCCCCCCn1c(CC(C)c2ccccc2)c[n+](CCCC)c1Cc1ccccc1. The van der Waals surface area contributed by atoms with Gasteiger partial charge in [-0.05, 0) is 36.3 Å². The molecule has 0 amide bonds. The minimum absolute atomic E-state index is 0.522. The van der Waals surface area contributed by atoms with Crippen LogP contribution in [0.2, 0.25) is 0 Å². The Morgan fingerprint density at radius 2 is 1.44 bits per heavy atom. The molecule has 1 heterocycles. The maximum Gasteiger partial charge on any atom is 0.261 e. The molecule has 0 saturated carbocycles. The number of aromatic nitrogens is 2. The second kappa shape index (κ2) is 13.3. The molecule has 0 N–H and O–H groups in total. The fraction of sp³-hybridized carbons (Fsp3) is 0.500. The molecule has 0 saturated heterocycles. The summed E-state index contributed by atoms with van der Waals surface area (Å²) >= 11 is 0. The van der Waals surface area contributed by atoms with Crippen molar-refractivity contribution in [2.45, 2.75) is 97.6 Å². The Kier molecular flexibility index (Phi) is 10.1. The summed E-state index contributed by atoms with van der Waals surface area (Å²) in [6.07, 6.45) is 13.7. The average molecular weight is 432 g/mol. The molecular weight excluding hydrogens is 388 g/mol. The molecule has 172 valence electrons. The van der Waals surface area contributed by atoms with Crippen LogP contribution in [0.4, 0.5) is 0 Å². The molecule has 2 nitrogen and oxygen atoms in total. The minimum Gasteiger partial charge on any atom is -0.234 e. The molecule has 3 rings (SSSR count). The van der Waals surface area contributed by atoms with Crippen LogP contribution >= 0.6 is 0 Å². The van der Waals surface area contributed by atoms with E-state index in [1.54, 1.807) is 0 Å². The van der Waals surface area contributed by atoms with Crippen molar-refractivity contribution in [3.05, 3.63) is 89.5 Å². The molecule has 0 aliphatic heterocycles. The lowest BCUT2D eigenvalue weighted by atomic mass is 9.96. The van der Waals surface area contributed by atoms with Crippen molar-refractivity contribution >= 4 is 0 Å². The molecule has 2 heteroatoms. The largest absolute Gasteiger partial charge is 0.261 e. The van der Waals surface area contributed by atoms with E-state index in [0.717, 1.165) is 25.9 Å². The molecule has 1 atom stereocenters. The third-order valence-corrected chi connectivity index (χ3v) is 6.62. The first-order chi connectivity index (χ1) is 15.7. The first kappa shape index (κ1) is 24.3. The van der Waals surface area contributed by atoms with Crippen molar-refractivity contribution < 1.29 is 4.57 Å². The van der Waals surface area contributed by atoms with Crippen molar-refractivity contribution in [2.24, 2.45) is 0 Å². The molecule has 0 radical (unpaired) electrons. The van der Waals surface area contributed by atoms with Gasteiger partial charge >= 0.3 is 0 Å². The van der Waals surface area contributed by atoms with Gasteiger partial charge in [0.2, 0.25) is 0 Å². The van der Waals surface area contributed by atoms with Crippen molar-refractivity contribution in [1.82, 2.24) is 4.57 Å². The smallest absolute Gasteiger partial charge is 0.234 e. The zero-order chi connectivity index (χ0) is 22.6. The summed E-state index contributed by atoms with van der Waals surface area (Å²) in [6.45, 7) is 9.22. The Bertz CT molecular complexity index is 895. The number of aryl methyl sites for hydroxylation is 1. The molecule has 0 spiro atoms. The first-order valence-electron chi connectivity index (χ1n) is 12.9. The molecule has 0 fully saturated rings. The number of hydrogen-bond acceptors (Lipinski definition) is 0. The molecule has 3 aromatic rings. The normalized spacial score (nSPS) is 12.2. The van der Waals surface area contributed by atoms with E-state index >= 15 is 0 Å². The highest BCUT2D eigenvalue weighted by molar-refractivity contribution is 5.22. The maximum atomic E-state index is 2.67. The first-order valence-corrected chi connectivity index (χ1v) is 12.9. The van der Waals surface area contributed by atoms with Gasteiger partial charge in [-0.15, -0.1) is 0 Å². The van der Waals surface area contributed by atoms with Gasteiger partial charge in [0.15, 0.2) is 0 Å². The van der Waals surface area contributed by atoms with Crippen molar-refractivity contribution in [3.8, 4) is 0 Å². The van der Waals surface area contributed by atoms with Crippen LogP contribution in [-0.4, -0.2) is 4.57 Å². The van der Waals surface area contributed by atoms with Crippen LogP contribution in [0, 0.1) is 0 Å². The summed E-state index contributed by atoms with van der Waals surface area (Å²) in [5.41, 5.74) is 4.34. The zero-order valence-electron chi connectivity index (χ0n) is 20.6. The second-order valence-electron chi connectivity index (χ2n) is 9.33. The highest BCUT2D eigenvalue weighted by Gasteiger charge is 2.24. The van der Waals surface area contributed by atoms with Gasteiger partial charge < -0.3 is 0 Å². The van der Waals surface area contributed by atoms with Crippen molar-refractivity contribution in [2.75, 3.05) is 0 Å². The monoisotopic (exact) mass is 431 g/mol. The zero-order valence-corrected chi connectivity index (χ0v) is 20.6. The predicted octanol–water partition coefficient (Wildman–Crippen LogP) is 7.48. The summed E-state index contributed by atoms with van der Waals surface area (Å²) < 4.78 is 5.24. The van der Waals surface area contributed by atoms with E-state index in [4.69, 9.17) is 0 Å². The van der Waals surface area contributed by atoms with E-state index in [1.165, 1.54) is 67.6 Å². The van der Waals surface area contributed by atoms with Gasteiger partial charge in [-0.25, -0.2) is 9.13 Å². The molecule has 32 heavy (non-hydrogen) atoms. The third-order valence-electron chi connectivity index (χ3n) is 6.62. The molecule has 1 unspecified atom stereocenters. The molecular formula is C30H43N2+. The van der Waals surface area contributed by atoms with Crippen LogP contribution in [0.5, 0.6) is 0 Å². The van der Waals surface area contributed by atoms with Crippen LogP contribution in [0.3, 0.4) is 0 Å². The van der Waals surface area contributed by atoms with E-state index in [0.29, 0.717) is 5.92 Å². The Morgan fingerprint density at radius 1 is 0.781 bits per heavy atom. The third kappa shape index (κ3) is 7.08. The molecule has 0 aliphatic rings. The highest BCUT2D eigenvalue weighted by Crippen LogP contribution is 2.22. The number of rotatable bonds is 14. The van der Waals surface area contributed by atoms with Crippen LogP contribution in [0.1, 0.15) is 94.3 Å². The van der Waals surface area contributed by atoms with Gasteiger partial charge in [0.1, 0.15) is 11.9 Å². The summed E-state index contributed by atoms with van der Waals surface area (Å²) in [4.78, 5) is 0. The molecule has 0 aliphatic carbocycles. The lowest BCUT2D eigenvalue weighted by Crippen LogP contribution is -2.37. The number of nitrogens with zero attached hydrogens (tertiary/aromatic N) is 2. The quantitative estimate of drug-likeness (QED) is 0.185. The van der Waals surface area contributed by atoms with E-state index in [-0.39, 0.29) is 0 Å². The van der Waals surface area contributed by atoms with Gasteiger partial charge in [-0.1, -0.05) is 107 Å². The van der Waals surface area contributed by atoms with Gasteiger partial charge in [0, 0.05) is 6.42 Å². The van der Waals surface area contributed by atoms with E-state index in [9.17, 15) is 0 Å². The van der Waals surface area contributed by atoms with Crippen molar-refractivity contribution in [3.63, 3.8) is 0 Å². The topological polar surface area (TPSA) is 8.81 Å². The van der Waals surface area contributed by atoms with Crippen molar-refractivity contribution in [1.29, 1.82) is 0 Å². The van der Waals surface area contributed by atoms with Crippen LogP contribution in [0.25, 0.3) is 0 Å². The number of benzene rings is 2. The van der Waals surface area contributed by atoms with Gasteiger partial charge in [0.05, 0.1) is 19.5 Å². The Balaban J connectivity index is 1.89. The van der Waals surface area contributed by atoms with E-state index in [2.05, 4.69) is 96.8 Å². The maximum absolute atomic E-state index is 2.67. The summed E-state index contributed by atoms with van der Waals surface area (Å²) in [7, 11) is 0. The van der Waals surface area contributed by atoms with Crippen LogP contribution in [0.15, 0.2) is 66.9 Å². The Hall–Kier alpha value is -2.35. The highest BCUT2D eigenvalue weighted by atomic mass is 15.2. The van der Waals surface area contributed by atoms with Gasteiger partial charge in [0.25, 0.3) is 5.82 Å². The fourth-order valence-corrected chi connectivity index (χ4v) is 4.66. The van der Waals surface area contributed by atoms with Crippen LogP contribution in [-0.2, 0) is 25.9 Å². The molecule has 0 bridgehead atoms. The minimum atomic E-state index is 0.522. The fourth-order valence-electron chi connectivity index (χ4n) is 4.66. The standard InChI is InChI=1S/C30H43N2/c1-4-6-8-9-16-22-32-29(23-26(3)28-19-14-11-15-20-28)25-31(21-7-5-2)30(32)24-27-17-12-10-13-18-27/h10-15,17-20,25-26H,4-9,16,21-24H2,1-3H3/q+1. The van der Waals surface area contributed by atoms with Gasteiger partial charge in [-0.3, -0.25) is 0 Å².